The van der Waals surface area contributed by atoms with Crippen molar-refractivity contribution in [3.63, 3.8) is 0 Å². The molecular formula is C17H23N3O3. The zero-order valence-electron chi connectivity index (χ0n) is 13.7. The van der Waals surface area contributed by atoms with Crippen LogP contribution < -0.4 is 5.32 Å². The predicted molar refractivity (Wildman–Crippen MR) is 89.8 cm³/mol. The molecule has 1 aromatic heterocycles. The van der Waals surface area contributed by atoms with Gasteiger partial charge in [0.1, 0.15) is 0 Å². The zero-order valence-corrected chi connectivity index (χ0v) is 13.7. The van der Waals surface area contributed by atoms with Crippen molar-refractivity contribution in [2.75, 3.05) is 26.0 Å². The molecule has 1 aromatic carbocycles. The van der Waals surface area contributed by atoms with Gasteiger partial charge in [-0.1, -0.05) is 48.8 Å². The summed E-state index contributed by atoms with van der Waals surface area (Å²) in [7, 11) is 4.02. The van der Waals surface area contributed by atoms with Crippen LogP contribution in [0.5, 0.6) is 0 Å². The van der Waals surface area contributed by atoms with E-state index in [0.29, 0.717) is 18.2 Å². The third kappa shape index (κ3) is 4.10. The predicted octanol–water partition coefficient (Wildman–Crippen LogP) is 3.18. The van der Waals surface area contributed by atoms with E-state index < -0.39 is 5.97 Å². The molecule has 0 spiro atoms. The van der Waals surface area contributed by atoms with Crippen LogP contribution in [0.3, 0.4) is 0 Å². The first kappa shape index (κ1) is 17.0. The number of nitrogens with zero attached hydrogens (tertiary/aromatic N) is 2. The minimum Gasteiger partial charge on any atom is -0.477 e. The summed E-state index contributed by atoms with van der Waals surface area (Å²) < 4.78 is 5.29. The average Bonchev–Trinajstić information content (AvgIpc) is 2.96. The van der Waals surface area contributed by atoms with E-state index in [9.17, 15) is 9.90 Å². The van der Waals surface area contributed by atoms with Crippen molar-refractivity contribution in [3.8, 4) is 11.3 Å². The van der Waals surface area contributed by atoms with Gasteiger partial charge in [0.05, 0.1) is 0 Å². The fourth-order valence-electron chi connectivity index (χ4n) is 2.49. The number of hydrogen-bond acceptors (Lipinski definition) is 5. The second kappa shape index (κ2) is 7.78. The van der Waals surface area contributed by atoms with Crippen molar-refractivity contribution in [3.05, 3.63) is 35.9 Å². The van der Waals surface area contributed by atoms with Crippen LogP contribution in [0, 0.1) is 0 Å². The van der Waals surface area contributed by atoms with Crippen LogP contribution >= 0.6 is 0 Å². The maximum absolute atomic E-state index is 11.6. The second-order valence-electron chi connectivity index (χ2n) is 5.69. The van der Waals surface area contributed by atoms with Crippen LogP contribution in [-0.4, -0.2) is 47.8 Å². The van der Waals surface area contributed by atoms with Crippen molar-refractivity contribution in [2.24, 2.45) is 0 Å². The molecule has 1 unspecified atom stereocenters. The topological polar surface area (TPSA) is 78.6 Å². The molecule has 0 aliphatic rings. The fraction of sp³-hybridized carbons (Fsp3) is 0.412. The van der Waals surface area contributed by atoms with Gasteiger partial charge in [-0.15, -0.1) is 0 Å². The Kier molecular flexibility index (Phi) is 5.76. The Labute approximate surface area is 136 Å². The highest BCUT2D eigenvalue weighted by Gasteiger charge is 2.24. The third-order valence-corrected chi connectivity index (χ3v) is 3.80. The van der Waals surface area contributed by atoms with Crippen molar-refractivity contribution in [2.45, 2.75) is 25.8 Å². The van der Waals surface area contributed by atoms with Gasteiger partial charge >= 0.3 is 5.97 Å². The van der Waals surface area contributed by atoms with Gasteiger partial charge in [0, 0.05) is 18.2 Å². The molecule has 6 heteroatoms. The third-order valence-electron chi connectivity index (χ3n) is 3.80. The van der Waals surface area contributed by atoms with E-state index in [0.717, 1.165) is 12.8 Å². The Morgan fingerprint density at radius 1 is 1.35 bits per heavy atom. The molecule has 0 radical (unpaired) electrons. The number of carbonyl (C=O) groups is 1. The quantitative estimate of drug-likeness (QED) is 0.778. The molecular weight excluding hydrogens is 294 g/mol. The molecule has 6 nitrogen and oxygen atoms in total. The Morgan fingerprint density at radius 2 is 2.04 bits per heavy atom. The number of likely N-dealkylation sites (N-methyl/N-ethyl adjacent to an activating group) is 1. The minimum absolute atomic E-state index is 0.0743. The number of hydrogen-bond donors (Lipinski definition) is 2. The van der Waals surface area contributed by atoms with E-state index in [1.54, 1.807) is 12.1 Å². The van der Waals surface area contributed by atoms with Gasteiger partial charge in [-0.25, -0.2) is 4.79 Å². The summed E-state index contributed by atoms with van der Waals surface area (Å²) in [5.41, 5.74) is 0.772. The van der Waals surface area contributed by atoms with Crippen LogP contribution in [0.4, 0.5) is 5.82 Å². The lowest BCUT2D eigenvalue weighted by atomic mass is 10.1. The first-order valence-corrected chi connectivity index (χ1v) is 7.73. The first-order valence-electron chi connectivity index (χ1n) is 7.73. The molecule has 0 saturated carbocycles. The minimum atomic E-state index is -1.05. The smallest absolute Gasteiger partial charge is 0.343 e. The van der Waals surface area contributed by atoms with Crippen molar-refractivity contribution in [1.82, 2.24) is 10.1 Å². The molecule has 0 amide bonds. The molecule has 2 N–H and O–H groups in total. The molecule has 0 saturated heterocycles. The van der Waals surface area contributed by atoms with E-state index in [1.807, 2.05) is 32.3 Å². The number of aromatic carboxylic acids is 1. The lowest BCUT2D eigenvalue weighted by Gasteiger charge is -2.24. The summed E-state index contributed by atoms with van der Waals surface area (Å²) >= 11 is 0. The van der Waals surface area contributed by atoms with E-state index >= 15 is 0 Å². The van der Waals surface area contributed by atoms with Gasteiger partial charge in [0.15, 0.2) is 17.1 Å². The molecule has 23 heavy (non-hydrogen) atoms. The van der Waals surface area contributed by atoms with E-state index in [-0.39, 0.29) is 17.1 Å². The molecule has 1 heterocycles. The fourth-order valence-corrected chi connectivity index (χ4v) is 2.49. The summed E-state index contributed by atoms with van der Waals surface area (Å²) in [6.45, 7) is 2.74. The van der Waals surface area contributed by atoms with Crippen LogP contribution in [0.2, 0.25) is 0 Å². The molecule has 0 aliphatic heterocycles. The highest BCUT2D eigenvalue weighted by atomic mass is 16.5. The van der Waals surface area contributed by atoms with Crippen molar-refractivity contribution >= 4 is 11.8 Å². The van der Waals surface area contributed by atoms with Gasteiger partial charge in [0.2, 0.25) is 0 Å². The zero-order chi connectivity index (χ0) is 16.8. The molecule has 0 fully saturated rings. The normalized spacial score (nSPS) is 12.3. The Hall–Kier alpha value is -2.34. The second-order valence-corrected chi connectivity index (χ2v) is 5.69. The molecule has 124 valence electrons. The van der Waals surface area contributed by atoms with Gasteiger partial charge in [-0.05, 0) is 20.5 Å². The number of carboxylic acids is 1. The Morgan fingerprint density at radius 3 is 2.61 bits per heavy atom. The number of carboxylic acid groups (broad SMARTS) is 1. The highest BCUT2D eigenvalue weighted by molar-refractivity contribution is 5.99. The highest BCUT2D eigenvalue weighted by Crippen LogP contribution is 2.29. The summed E-state index contributed by atoms with van der Waals surface area (Å²) in [5.74, 6) is -0.499. The van der Waals surface area contributed by atoms with Crippen molar-refractivity contribution < 1.29 is 14.4 Å². The summed E-state index contributed by atoms with van der Waals surface area (Å²) in [5, 5.41) is 16.6. The SMILES string of the molecule is CCCC(CNc1noc(-c2ccccc2)c1C(=O)O)N(C)C. The average molecular weight is 317 g/mol. The number of rotatable bonds is 8. The maximum atomic E-state index is 11.6. The standard InChI is InChI=1S/C17H23N3O3/c1-4-8-13(20(2)3)11-18-16-14(17(21)22)15(23-19-16)12-9-6-5-7-10-12/h5-7,9-10,13H,4,8,11H2,1-3H3,(H,18,19)(H,21,22). The maximum Gasteiger partial charge on any atom is 0.343 e. The van der Waals surface area contributed by atoms with Crippen LogP contribution in [-0.2, 0) is 0 Å². The van der Waals surface area contributed by atoms with Gasteiger partial charge in [-0.3, -0.25) is 0 Å². The largest absolute Gasteiger partial charge is 0.477 e. The summed E-state index contributed by atoms with van der Waals surface area (Å²) in [6.07, 6.45) is 2.08. The summed E-state index contributed by atoms with van der Waals surface area (Å²) in [6, 6.07) is 9.44. The number of benzene rings is 1. The monoisotopic (exact) mass is 317 g/mol. The Balaban J connectivity index is 2.23. The molecule has 2 rings (SSSR count). The van der Waals surface area contributed by atoms with Crippen molar-refractivity contribution in [1.29, 1.82) is 0 Å². The first-order chi connectivity index (χ1) is 11.0. The van der Waals surface area contributed by atoms with E-state index in [1.165, 1.54) is 0 Å². The number of aromatic nitrogens is 1. The number of nitrogens with one attached hydrogen (secondary N) is 1. The lowest BCUT2D eigenvalue weighted by Crippen LogP contribution is -2.34. The number of anilines is 1. The summed E-state index contributed by atoms with van der Waals surface area (Å²) in [4.78, 5) is 13.8. The van der Waals surface area contributed by atoms with E-state index in [2.05, 4.69) is 22.3 Å². The molecule has 2 aromatic rings. The van der Waals surface area contributed by atoms with Crippen LogP contribution in [0.1, 0.15) is 30.1 Å². The Bertz CT molecular complexity index is 638. The van der Waals surface area contributed by atoms with Crippen LogP contribution in [0.15, 0.2) is 34.9 Å². The lowest BCUT2D eigenvalue weighted by molar-refractivity contribution is 0.0698. The van der Waals surface area contributed by atoms with Gasteiger partial charge in [-0.2, -0.15) is 0 Å². The molecule has 0 bridgehead atoms. The molecule has 1 atom stereocenters. The van der Waals surface area contributed by atoms with E-state index in [4.69, 9.17) is 4.52 Å². The molecule has 0 aliphatic carbocycles. The van der Waals surface area contributed by atoms with Crippen LogP contribution in [0.25, 0.3) is 11.3 Å². The van der Waals surface area contributed by atoms with Gasteiger partial charge in [0.25, 0.3) is 0 Å². The van der Waals surface area contributed by atoms with Gasteiger partial charge < -0.3 is 19.8 Å².